The molecule has 2 aliphatic rings. The number of benzene rings is 4. The van der Waals surface area contributed by atoms with Crippen LogP contribution in [-0.2, 0) is 20.0 Å². The molecule has 22 nitrogen and oxygen atoms in total. The first-order chi connectivity index (χ1) is 42.6. The third-order valence-electron chi connectivity index (χ3n) is 15.5. The molecular weight excluding hydrogens is 1220 g/mol. The first-order valence-electron chi connectivity index (χ1n) is 28.4. The van der Waals surface area contributed by atoms with Gasteiger partial charge in [-0.1, -0.05) is 91.5 Å². The van der Waals surface area contributed by atoms with Gasteiger partial charge in [0.1, 0.15) is 11.1 Å². The number of nitrogens with two attached hydrogens (primary N) is 2. The summed E-state index contributed by atoms with van der Waals surface area (Å²) in [4.78, 5) is 63.0. The van der Waals surface area contributed by atoms with Crippen LogP contribution in [0.4, 0.5) is 11.6 Å². The van der Waals surface area contributed by atoms with Crippen molar-refractivity contribution in [2.24, 2.45) is 11.8 Å². The average Bonchev–Trinajstić information content (AvgIpc) is 1.55. The first kappa shape index (κ1) is 67.3. The van der Waals surface area contributed by atoms with Crippen LogP contribution in [0.2, 0.25) is 5.02 Å². The minimum atomic E-state index is -3.22. The van der Waals surface area contributed by atoms with E-state index < -0.39 is 43.9 Å². The van der Waals surface area contributed by atoms with E-state index in [1.807, 2.05) is 97.1 Å². The van der Waals surface area contributed by atoms with E-state index in [0.717, 1.165) is 12.8 Å². The van der Waals surface area contributed by atoms with Crippen molar-refractivity contribution in [2.45, 2.75) is 59.0 Å². The summed E-state index contributed by atoms with van der Waals surface area (Å²) in [6.07, 6.45) is 17.0. The zero-order valence-corrected chi connectivity index (χ0v) is 52.0. The molecule has 467 valence electrons. The van der Waals surface area contributed by atoms with Crippen LogP contribution in [-0.4, -0.2) is 123 Å². The smallest absolute Gasteiger partial charge is 0.264 e. The van der Waals surface area contributed by atoms with Gasteiger partial charge < -0.3 is 22.1 Å². The molecule has 8 heterocycles. The van der Waals surface area contributed by atoms with E-state index in [9.17, 15) is 36.0 Å². The molecule has 0 spiro atoms. The summed E-state index contributed by atoms with van der Waals surface area (Å²) in [7, 11) is -6.22. The van der Waals surface area contributed by atoms with E-state index >= 15 is 0 Å². The number of anilines is 2. The normalized spacial score (nSPS) is 14.6. The molecule has 4 aromatic carbocycles. The second-order valence-corrected chi connectivity index (χ2v) is 25.9. The number of aromatic nitrogens is 8. The van der Waals surface area contributed by atoms with Gasteiger partial charge in [-0.25, -0.2) is 44.4 Å². The van der Waals surface area contributed by atoms with Crippen molar-refractivity contribution in [1.82, 2.24) is 57.6 Å². The second-order valence-electron chi connectivity index (χ2n) is 21.6. The molecule has 10 aromatic rings. The van der Waals surface area contributed by atoms with E-state index in [-0.39, 0.29) is 61.6 Å². The van der Waals surface area contributed by atoms with Gasteiger partial charge in [-0.15, -0.1) is 22.5 Å². The molecular formula is C65H67BClN14O8S2. The number of halogens is 1. The number of pyridine rings is 2. The number of terminal acetylenes is 1. The molecule has 2 amide bonds. The van der Waals surface area contributed by atoms with Crippen molar-refractivity contribution in [3.8, 4) is 35.6 Å². The van der Waals surface area contributed by atoms with E-state index in [1.165, 1.54) is 30.2 Å². The molecule has 2 aliphatic heterocycles. The molecule has 0 bridgehead atoms. The van der Waals surface area contributed by atoms with Crippen LogP contribution in [0.1, 0.15) is 96.7 Å². The lowest BCUT2D eigenvalue weighted by Gasteiger charge is -2.27. The molecule has 0 aliphatic carbocycles. The lowest BCUT2D eigenvalue weighted by atomic mass is 9.97. The summed E-state index contributed by atoms with van der Waals surface area (Å²) >= 11 is 6.37. The van der Waals surface area contributed by atoms with Gasteiger partial charge in [0.25, 0.3) is 22.9 Å². The third-order valence-corrected chi connectivity index (χ3v) is 18.4. The number of fused-ring (bicyclic) bond motifs is 4. The number of nitrogen functional groups attached to an aromatic ring is 2. The van der Waals surface area contributed by atoms with Crippen LogP contribution in [0.25, 0.3) is 44.2 Å². The van der Waals surface area contributed by atoms with Crippen LogP contribution in [0, 0.1) is 36.0 Å². The van der Waals surface area contributed by atoms with E-state index in [0.29, 0.717) is 105 Å². The number of rotatable bonds is 10. The minimum Gasteiger partial charge on any atom is -0.381 e. The maximum atomic E-state index is 14.3. The number of hydrogen-bond acceptors (Lipinski definition) is 14. The maximum Gasteiger partial charge on any atom is 0.264 e. The Hall–Kier alpha value is -9.63. The van der Waals surface area contributed by atoms with Crippen molar-refractivity contribution >= 4 is 96.3 Å². The molecule has 26 heteroatoms. The number of carbonyl (C=O) groups is 2. The zero-order valence-electron chi connectivity index (χ0n) is 49.6. The highest BCUT2D eigenvalue weighted by molar-refractivity contribution is 7.88. The van der Waals surface area contributed by atoms with Crippen molar-refractivity contribution in [3.05, 3.63) is 200 Å². The summed E-state index contributed by atoms with van der Waals surface area (Å²) < 4.78 is 54.9. The SMILES string of the molecule is C.C#CC1CCN(S(C)(=O)=O)CC1.C[C@H](NC(=O)c1c(N)nn2cccnc12)c1cc2cccc(C#CC3CCN(S(C)(=O)=O)CC3)c2c(=O)n1-c1ccccc1.C[C@H](NC(=O)c1c(N)nn2cccnc12)c1cc2cccc(Cl)c2c(=O)n1-c1ccccc1.[B]. The van der Waals surface area contributed by atoms with Gasteiger partial charge in [-0.2, -0.15) is 0 Å². The first-order valence-corrected chi connectivity index (χ1v) is 32.5. The highest BCUT2D eigenvalue weighted by atomic mass is 35.5. The van der Waals surface area contributed by atoms with Gasteiger partial charge >= 0.3 is 0 Å². The predicted molar refractivity (Wildman–Crippen MR) is 357 cm³/mol. The van der Waals surface area contributed by atoms with E-state index in [2.05, 4.69) is 48.6 Å². The number of hydrogen-bond donors (Lipinski definition) is 4. The van der Waals surface area contributed by atoms with Crippen LogP contribution < -0.4 is 33.2 Å². The van der Waals surface area contributed by atoms with Gasteiger partial charge in [-0.05, 0) is 111 Å². The number of amides is 2. The standard InChI is InChI=1S/C32H31N7O4S.C24H19ClN6O2.C8H13NO2S.CH4.B/c1-21(35-31(40)28-29(33)36-38-17-7-16-34-30(28)38)26-20-24-9-6-8-23(13-12-22-14-18-37(19-15-22)44(2,42)43)27(24)32(41)39(26)25-10-4-3-5-11-25;1-14(28-23(32)20-21(26)29-30-12-6-11-27-22(20)30)18-13-15-7-5-10-17(25)19(15)24(33)31(18)16-8-3-2-4-9-16;1-3-8-4-6-9(7-5-8)12(2,10)11;;/h3-11,16-17,20-22H,14-15,18-19H2,1-2H3,(H2,33,36)(H,35,40);2-14H,1H3,(H2,26,29)(H,28,32);1,8H,4-7H2,2H3;1H4;/t21-;14-;;;/m00.../s1. The summed E-state index contributed by atoms with van der Waals surface area (Å²) in [6.45, 7) is 5.62. The highest BCUT2D eigenvalue weighted by Gasteiger charge is 2.28. The summed E-state index contributed by atoms with van der Waals surface area (Å²) in [5.41, 5.74) is 15.6. The lowest BCUT2D eigenvalue weighted by Crippen LogP contribution is -2.37. The predicted octanol–water partition coefficient (Wildman–Crippen LogP) is 7.44. The Morgan fingerprint density at radius 2 is 1.03 bits per heavy atom. The minimum absolute atomic E-state index is 0. The van der Waals surface area contributed by atoms with E-state index in [1.54, 1.807) is 72.0 Å². The quantitative estimate of drug-likeness (QED) is 0.0765. The van der Waals surface area contributed by atoms with Gasteiger partial charge in [0.05, 0.1) is 40.4 Å². The van der Waals surface area contributed by atoms with Crippen molar-refractivity contribution in [3.63, 3.8) is 0 Å². The molecule has 2 atom stereocenters. The Labute approximate surface area is 533 Å². The third kappa shape index (κ3) is 14.7. The van der Waals surface area contributed by atoms with Gasteiger partial charge in [-0.3, -0.25) is 28.3 Å². The molecule has 2 fully saturated rings. The molecule has 2 saturated heterocycles. The van der Waals surface area contributed by atoms with Crippen LogP contribution in [0.3, 0.4) is 0 Å². The van der Waals surface area contributed by atoms with Gasteiger partial charge in [0.15, 0.2) is 22.9 Å². The van der Waals surface area contributed by atoms with Crippen molar-refractivity contribution in [2.75, 3.05) is 50.2 Å². The number of sulfonamides is 2. The van der Waals surface area contributed by atoms with Crippen LogP contribution in [0.15, 0.2) is 156 Å². The summed E-state index contributed by atoms with van der Waals surface area (Å²) in [6, 6.07) is 35.3. The maximum absolute atomic E-state index is 14.3. The van der Waals surface area contributed by atoms with Crippen molar-refractivity contribution in [1.29, 1.82) is 0 Å². The largest absolute Gasteiger partial charge is 0.381 e. The summed E-state index contributed by atoms with van der Waals surface area (Å²) in [5.74, 6) is 8.68. The molecule has 3 radical (unpaired) electrons. The molecule has 12 rings (SSSR count). The molecule has 0 saturated carbocycles. The second kappa shape index (κ2) is 28.5. The Morgan fingerprint density at radius 3 is 1.47 bits per heavy atom. The topological polar surface area (TPSA) is 289 Å². The Bertz CT molecular complexity index is 4820. The number of carbonyl (C=O) groups excluding carboxylic acids is 2. The monoisotopic (exact) mass is 1280 g/mol. The Kier molecular flexibility index (Phi) is 21.1. The average molecular weight is 1280 g/mol. The number of para-hydroxylation sites is 2. The number of piperidine rings is 2. The highest BCUT2D eigenvalue weighted by Crippen LogP contribution is 2.29. The fourth-order valence-electron chi connectivity index (χ4n) is 10.9. The fraction of sp³-hybridized carbons (Fsp3) is 0.262. The molecule has 91 heavy (non-hydrogen) atoms. The lowest BCUT2D eigenvalue weighted by molar-refractivity contribution is 0.0932. The fourth-order valence-corrected chi connectivity index (χ4v) is 13.0. The molecule has 0 unspecified atom stereocenters. The molecule has 6 aromatic heterocycles. The van der Waals surface area contributed by atoms with Crippen molar-refractivity contribution < 1.29 is 26.4 Å². The van der Waals surface area contributed by atoms with Crippen LogP contribution >= 0.6 is 11.6 Å². The summed E-state index contributed by atoms with van der Waals surface area (Å²) in [5, 5.41) is 16.9. The van der Waals surface area contributed by atoms with Crippen LogP contribution in [0.5, 0.6) is 0 Å². The Morgan fingerprint density at radius 1 is 0.615 bits per heavy atom. The number of nitrogens with one attached hydrogen (secondary N) is 2. The Balaban J connectivity index is 0.000000200. The number of nitrogens with zero attached hydrogens (tertiary/aromatic N) is 10. The molecule has 6 N–H and O–H groups in total. The van der Waals surface area contributed by atoms with Gasteiger partial charge in [0, 0.05) is 99.5 Å². The van der Waals surface area contributed by atoms with E-state index in [4.69, 9.17) is 29.5 Å². The van der Waals surface area contributed by atoms with Gasteiger partial charge in [0.2, 0.25) is 20.0 Å². The zero-order chi connectivity index (χ0) is 63.3.